The van der Waals surface area contributed by atoms with Crippen LogP contribution in [0.2, 0.25) is 10.0 Å². The Morgan fingerprint density at radius 1 is 1.05 bits per heavy atom. The second-order valence-electron chi connectivity index (χ2n) is 9.05. The van der Waals surface area contributed by atoms with Gasteiger partial charge in [-0.3, -0.25) is 0 Å². The van der Waals surface area contributed by atoms with E-state index >= 15 is 0 Å². The standard InChI is InChI=1S/C23H22Cl2N2O6S4/c24-15-5-7-19-17(12-15)26(9-1-2-11-36(28,29)30)21(34-19)14-22-27(10-3-4-23(27)37(31,32)33)18-13-16(25)6-8-20(18)35-22/h5-8,12-14,23H,1-4,9-11H2. The molecule has 1 saturated heterocycles. The van der Waals surface area contributed by atoms with Crippen LogP contribution in [0.1, 0.15) is 30.7 Å². The van der Waals surface area contributed by atoms with Crippen molar-refractivity contribution in [1.29, 1.82) is 0 Å². The number of fused-ring (bicyclic) bond motifs is 3. The van der Waals surface area contributed by atoms with Gasteiger partial charge < -0.3 is 9.11 Å². The summed E-state index contributed by atoms with van der Waals surface area (Å²) in [5.41, 5.74) is 1.56. The van der Waals surface area contributed by atoms with Crippen molar-refractivity contribution in [3.8, 4) is 0 Å². The highest BCUT2D eigenvalue weighted by Gasteiger charge is 2.56. The van der Waals surface area contributed by atoms with Gasteiger partial charge in [0.2, 0.25) is 5.52 Å². The van der Waals surface area contributed by atoms with E-state index in [1.165, 1.54) is 23.1 Å². The van der Waals surface area contributed by atoms with Crippen LogP contribution in [0.4, 0.5) is 5.69 Å². The van der Waals surface area contributed by atoms with Gasteiger partial charge in [0.05, 0.1) is 27.6 Å². The number of halogens is 2. The first-order chi connectivity index (χ1) is 17.4. The lowest BCUT2D eigenvalue weighted by atomic mass is 10.2. The molecule has 0 amide bonds. The van der Waals surface area contributed by atoms with Gasteiger partial charge in [-0.25, -0.2) is 21.3 Å². The van der Waals surface area contributed by atoms with Crippen molar-refractivity contribution in [2.24, 2.45) is 0 Å². The molecule has 2 unspecified atom stereocenters. The van der Waals surface area contributed by atoms with Crippen LogP contribution in [0.3, 0.4) is 0 Å². The minimum Gasteiger partial charge on any atom is -0.748 e. The quantitative estimate of drug-likeness (QED) is 0.159. The molecule has 0 saturated carbocycles. The number of thiazole rings is 1. The van der Waals surface area contributed by atoms with Gasteiger partial charge in [0.15, 0.2) is 32.8 Å². The highest BCUT2D eigenvalue weighted by molar-refractivity contribution is 8.03. The van der Waals surface area contributed by atoms with Crippen LogP contribution in [-0.2, 0) is 26.8 Å². The molecular formula is C23H22Cl2N2O6S4. The molecule has 8 nitrogen and oxygen atoms in total. The topological polar surface area (TPSA) is 118 Å². The largest absolute Gasteiger partial charge is 0.748 e. The highest BCUT2D eigenvalue weighted by Crippen LogP contribution is 2.57. The van der Waals surface area contributed by atoms with Crippen LogP contribution < -0.4 is 9.05 Å². The van der Waals surface area contributed by atoms with E-state index in [-0.39, 0.29) is 17.3 Å². The fourth-order valence-corrected chi connectivity index (χ4v) is 9.89. The van der Waals surface area contributed by atoms with E-state index in [2.05, 4.69) is 0 Å². The Balaban J connectivity index is 1.64. The third-order valence-corrected chi connectivity index (χ3v) is 11.6. The molecule has 0 radical (unpaired) electrons. The van der Waals surface area contributed by atoms with Gasteiger partial charge in [0.1, 0.15) is 4.70 Å². The van der Waals surface area contributed by atoms with Gasteiger partial charge >= 0.3 is 0 Å². The Hall–Kier alpha value is -1.22. The van der Waals surface area contributed by atoms with Gasteiger partial charge in [-0.1, -0.05) is 34.5 Å². The number of aromatic nitrogens is 1. The van der Waals surface area contributed by atoms with Crippen molar-refractivity contribution >= 4 is 88.5 Å². The van der Waals surface area contributed by atoms with E-state index < -0.39 is 31.4 Å². The van der Waals surface area contributed by atoms with Crippen LogP contribution >= 0.6 is 46.3 Å². The van der Waals surface area contributed by atoms with Gasteiger partial charge in [-0.05, 0) is 42.4 Å². The summed E-state index contributed by atoms with van der Waals surface area (Å²) in [5, 5.41) is 1.36. The molecule has 2 aliphatic rings. The maximum atomic E-state index is 12.5. The van der Waals surface area contributed by atoms with E-state index in [1.807, 2.05) is 28.8 Å². The van der Waals surface area contributed by atoms with E-state index in [0.717, 1.165) is 20.1 Å². The Morgan fingerprint density at radius 3 is 2.51 bits per heavy atom. The summed E-state index contributed by atoms with van der Waals surface area (Å²) < 4.78 is 73.4. The average Bonchev–Trinajstić information content (AvgIpc) is 3.47. The average molecular weight is 622 g/mol. The first-order valence-electron chi connectivity index (χ1n) is 11.5. The molecule has 0 bridgehead atoms. The van der Waals surface area contributed by atoms with Gasteiger partial charge in [0.25, 0.3) is 5.01 Å². The maximum absolute atomic E-state index is 12.5. The van der Waals surface area contributed by atoms with E-state index in [4.69, 9.17) is 23.2 Å². The zero-order chi connectivity index (χ0) is 26.6. The summed E-state index contributed by atoms with van der Waals surface area (Å²) in [7, 11) is -8.93. The number of unbranched alkanes of at least 4 members (excludes halogenated alkanes) is 1. The summed E-state index contributed by atoms with van der Waals surface area (Å²) in [6.07, 6.45) is 3.40. The summed E-state index contributed by atoms with van der Waals surface area (Å²) in [5.74, 6) is -0.443. The Morgan fingerprint density at radius 2 is 1.78 bits per heavy atom. The Bertz CT molecular complexity index is 1640. The SMILES string of the molecule is O=S(=O)([O-])CCCC[n+]1c(C=C2Sc3ccc(Cl)cc3[N+]23CCCC3S(=O)(=O)[O-])sc2ccc(Cl)cc21. The van der Waals surface area contributed by atoms with Crippen molar-refractivity contribution in [3.05, 3.63) is 56.5 Å². The molecule has 0 aliphatic carbocycles. The normalized spacial score (nSPS) is 22.9. The van der Waals surface area contributed by atoms with Crippen molar-refractivity contribution in [3.63, 3.8) is 0 Å². The Labute approximate surface area is 233 Å². The van der Waals surface area contributed by atoms with Crippen molar-refractivity contribution in [1.82, 2.24) is 4.48 Å². The summed E-state index contributed by atoms with van der Waals surface area (Å²) in [6.45, 7) is 0.887. The minimum absolute atomic E-state index is 0.0875. The molecule has 3 heterocycles. The molecule has 1 fully saturated rings. The van der Waals surface area contributed by atoms with Crippen LogP contribution in [-0.4, -0.2) is 43.6 Å². The number of aryl methyl sites for hydroxylation is 1. The lowest BCUT2D eigenvalue weighted by Gasteiger charge is -2.36. The molecule has 2 aliphatic heterocycles. The fraction of sp³-hybridized carbons (Fsp3) is 0.348. The molecular weight excluding hydrogens is 599 g/mol. The number of hydrogen-bond acceptors (Lipinski definition) is 8. The van der Waals surface area contributed by atoms with E-state index in [9.17, 15) is 25.9 Å². The van der Waals surface area contributed by atoms with Crippen molar-refractivity contribution in [2.45, 2.75) is 42.5 Å². The molecule has 2 aromatic carbocycles. The second kappa shape index (κ2) is 10.1. The first kappa shape index (κ1) is 27.4. The number of hydrogen-bond donors (Lipinski definition) is 0. The molecule has 14 heteroatoms. The van der Waals surface area contributed by atoms with Gasteiger partial charge in [-0.2, -0.15) is 4.57 Å². The molecule has 5 rings (SSSR count). The van der Waals surface area contributed by atoms with Crippen LogP contribution in [0.15, 0.2) is 46.3 Å². The lowest BCUT2D eigenvalue weighted by Crippen LogP contribution is -2.53. The number of thioether (sulfide) groups is 1. The first-order valence-corrected chi connectivity index (χ1v) is 16.9. The van der Waals surface area contributed by atoms with Crippen molar-refractivity contribution < 1.29 is 30.5 Å². The fourth-order valence-electron chi connectivity index (χ4n) is 5.18. The zero-order valence-corrected chi connectivity index (χ0v) is 24.1. The number of benzene rings is 2. The molecule has 1 aromatic heterocycles. The second-order valence-corrected chi connectivity index (χ2v) is 15.1. The summed E-state index contributed by atoms with van der Waals surface area (Å²) >= 11 is 15.5. The van der Waals surface area contributed by atoms with Gasteiger partial charge in [-0.15, -0.1) is 0 Å². The van der Waals surface area contributed by atoms with Crippen LogP contribution in [0, 0.1) is 0 Å². The highest BCUT2D eigenvalue weighted by atomic mass is 35.5. The molecule has 1 spiro atoms. The molecule has 2 atom stereocenters. The summed E-state index contributed by atoms with van der Waals surface area (Å²) in [6, 6.07) is 10.8. The van der Waals surface area contributed by atoms with E-state index in [1.54, 1.807) is 18.2 Å². The lowest BCUT2D eigenvalue weighted by molar-refractivity contribution is -0.669. The molecule has 37 heavy (non-hydrogen) atoms. The van der Waals surface area contributed by atoms with E-state index in [0.29, 0.717) is 46.7 Å². The van der Waals surface area contributed by atoms with Crippen LogP contribution in [0.5, 0.6) is 0 Å². The monoisotopic (exact) mass is 620 g/mol. The predicted molar refractivity (Wildman–Crippen MR) is 145 cm³/mol. The Kier molecular flexibility index (Phi) is 7.44. The summed E-state index contributed by atoms with van der Waals surface area (Å²) in [4.78, 5) is 0.850. The van der Waals surface area contributed by atoms with Crippen LogP contribution in [0.25, 0.3) is 16.3 Å². The predicted octanol–water partition coefficient (Wildman–Crippen LogP) is 4.90. The maximum Gasteiger partial charge on any atom is 0.269 e. The number of quaternary nitrogens is 1. The number of nitrogens with zero attached hydrogens (tertiary/aromatic N) is 2. The van der Waals surface area contributed by atoms with Gasteiger partial charge in [0, 0.05) is 47.2 Å². The smallest absolute Gasteiger partial charge is 0.269 e. The molecule has 3 aromatic rings. The minimum atomic E-state index is -4.63. The molecule has 198 valence electrons. The third kappa shape index (κ3) is 5.32. The van der Waals surface area contributed by atoms with Crippen molar-refractivity contribution in [2.75, 3.05) is 12.3 Å². The third-order valence-electron chi connectivity index (χ3n) is 6.71. The zero-order valence-electron chi connectivity index (χ0n) is 19.3. The number of rotatable bonds is 7. The molecule has 0 N–H and O–H groups in total.